The van der Waals surface area contributed by atoms with Crippen molar-refractivity contribution in [3.05, 3.63) is 51.7 Å². The Labute approximate surface area is 170 Å². The van der Waals surface area contributed by atoms with E-state index in [-0.39, 0.29) is 24.0 Å². The molecule has 0 saturated heterocycles. The average molecular weight is 475 g/mol. The minimum absolute atomic E-state index is 0. The molecule has 2 aromatic rings. The number of ether oxygens (including phenoxy) is 1. The van der Waals surface area contributed by atoms with E-state index in [1.165, 1.54) is 9.75 Å². The first-order valence-corrected chi connectivity index (χ1v) is 8.83. The molecule has 0 aliphatic rings. The Balaban J connectivity index is 0.00000312. The van der Waals surface area contributed by atoms with Crippen molar-refractivity contribution in [2.45, 2.75) is 26.5 Å². The largest absolute Gasteiger partial charge is 0.497 e. The Bertz CT molecular complexity index is 659. The summed E-state index contributed by atoms with van der Waals surface area (Å²) in [7, 11) is 1.63. The maximum absolute atomic E-state index is 10.3. The lowest BCUT2D eigenvalue weighted by Crippen LogP contribution is -2.39. The van der Waals surface area contributed by atoms with E-state index in [1.54, 1.807) is 18.4 Å². The van der Waals surface area contributed by atoms with E-state index in [1.807, 2.05) is 31.2 Å². The van der Waals surface area contributed by atoms with Crippen LogP contribution < -0.4 is 15.4 Å². The Kier molecular flexibility index (Phi) is 9.84. The molecule has 2 rings (SSSR count). The van der Waals surface area contributed by atoms with Gasteiger partial charge in [0, 0.05) is 22.8 Å². The van der Waals surface area contributed by atoms with Crippen LogP contribution in [0.2, 0.25) is 0 Å². The van der Waals surface area contributed by atoms with Crippen LogP contribution >= 0.6 is 35.3 Å². The smallest absolute Gasteiger partial charge is 0.191 e. The molecule has 1 aromatic heterocycles. The third-order valence-electron chi connectivity index (χ3n) is 3.50. The third-order valence-corrected chi connectivity index (χ3v) is 4.48. The fourth-order valence-corrected chi connectivity index (χ4v) is 3.02. The van der Waals surface area contributed by atoms with Crippen LogP contribution in [0.25, 0.3) is 0 Å². The molecule has 0 aliphatic heterocycles. The molecule has 0 bridgehead atoms. The van der Waals surface area contributed by atoms with Crippen molar-refractivity contribution in [2.24, 2.45) is 4.99 Å². The summed E-state index contributed by atoms with van der Waals surface area (Å²) in [4.78, 5) is 7.07. The van der Waals surface area contributed by atoms with Crippen LogP contribution in [0.4, 0.5) is 0 Å². The summed E-state index contributed by atoms with van der Waals surface area (Å²) >= 11 is 1.75. The number of aliphatic imine (C=N–C) groups is 1. The van der Waals surface area contributed by atoms with Crippen molar-refractivity contribution in [3.8, 4) is 5.75 Å². The van der Waals surface area contributed by atoms with Crippen molar-refractivity contribution >= 4 is 41.3 Å². The SMILES string of the molecule is CCNC(=NCc1ccc(C)s1)NCC(O)c1ccc(OC)cc1.I. The predicted molar refractivity (Wildman–Crippen MR) is 115 cm³/mol. The predicted octanol–water partition coefficient (Wildman–Crippen LogP) is 3.47. The van der Waals surface area contributed by atoms with Gasteiger partial charge in [-0.25, -0.2) is 4.99 Å². The number of aliphatic hydroxyl groups is 1. The minimum atomic E-state index is -0.608. The summed E-state index contributed by atoms with van der Waals surface area (Å²) in [5.41, 5.74) is 0.841. The van der Waals surface area contributed by atoms with Gasteiger partial charge < -0.3 is 20.5 Å². The second-order valence-corrected chi connectivity index (χ2v) is 6.75. The Morgan fingerprint density at radius 2 is 1.92 bits per heavy atom. The van der Waals surface area contributed by atoms with Crippen LogP contribution in [0.15, 0.2) is 41.4 Å². The molecule has 25 heavy (non-hydrogen) atoms. The van der Waals surface area contributed by atoms with Crippen LogP contribution in [0.3, 0.4) is 0 Å². The van der Waals surface area contributed by atoms with Gasteiger partial charge in [0.15, 0.2) is 5.96 Å². The topological polar surface area (TPSA) is 65.9 Å². The van der Waals surface area contributed by atoms with Crippen molar-refractivity contribution in [1.29, 1.82) is 0 Å². The van der Waals surface area contributed by atoms with Crippen LogP contribution in [0, 0.1) is 6.92 Å². The Morgan fingerprint density at radius 1 is 1.20 bits per heavy atom. The molecule has 0 radical (unpaired) electrons. The molecular formula is C18H26IN3O2S. The maximum atomic E-state index is 10.3. The number of halogens is 1. The molecule has 7 heteroatoms. The number of guanidine groups is 1. The van der Waals surface area contributed by atoms with Gasteiger partial charge in [0.1, 0.15) is 5.75 Å². The van der Waals surface area contributed by atoms with Crippen LogP contribution in [0.5, 0.6) is 5.75 Å². The first kappa shape index (κ1) is 21.7. The van der Waals surface area contributed by atoms with Crippen molar-refractivity contribution in [2.75, 3.05) is 20.2 Å². The van der Waals surface area contributed by atoms with Gasteiger partial charge in [-0.1, -0.05) is 12.1 Å². The molecule has 138 valence electrons. The van der Waals surface area contributed by atoms with Gasteiger partial charge in [0.25, 0.3) is 0 Å². The summed E-state index contributed by atoms with van der Waals surface area (Å²) in [6.07, 6.45) is -0.608. The molecule has 1 heterocycles. The van der Waals surface area contributed by atoms with Gasteiger partial charge in [0.05, 0.1) is 19.8 Å². The lowest BCUT2D eigenvalue weighted by atomic mass is 10.1. The molecule has 3 N–H and O–H groups in total. The van der Waals surface area contributed by atoms with E-state index in [4.69, 9.17) is 4.74 Å². The number of aliphatic hydroxyl groups excluding tert-OH is 1. The standard InChI is InChI=1S/C18H25N3O2S.HI/c1-4-19-18(20-11-16-10-5-13(2)24-16)21-12-17(22)14-6-8-15(23-3)9-7-14;/h5-10,17,22H,4,11-12H2,1-3H3,(H2,19,20,21);1H. The van der Waals surface area contributed by atoms with Crippen LogP contribution in [-0.2, 0) is 6.54 Å². The zero-order valence-electron chi connectivity index (χ0n) is 14.8. The Morgan fingerprint density at radius 3 is 2.48 bits per heavy atom. The number of thiophene rings is 1. The van der Waals surface area contributed by atoms with E-state index in [9.17, 15) is 5.11 Å². The second kappa shape index (κ2) is 11.3. The number of hydrogen-bond acceptors (Lipinski definition) is 4. The highest BCUT2D eigenvalue weighted by Gasteiger charge is 2.09. The molecular weight excluding hydrogens is 449 g/mol. The van der Waals surface area contributed by atoms with E-state index >= 15 is 0 Å². The number of benzene rings is 1. The summed E-state index contributed by atoms with van der Waals surface area (Å²) in [5.74, 6) is 1.48. The number of aryl methyl sites for hydroxylation is 1. The average Bonchev–Trinajstić information content (AvgIpc) is 3.02. The quantitative estimate of drug-likeness (QED) is 0.326. The Hall–Kier alpha value is -1.32. The highest BCUT2D eigenvalue weighted by molar-refractivity contribution is 14.0. The molecule has 5 nitrogen and oxygen atoms in total. The molecule has 0 amide bonds. The van der Waals surface area contributed by atoms with Gasteiger partial charge in [-0.15, -0.1) is 35.3 Å². The van der Waals surface area contributed by atoms with E-state index in [2.05, 4.69) is 34.7 Å². The summed E-state index contributed by atoms with van der Waals surface area (Å²) in [6.45, 7) is 5.90. The van der Waals surface area contributed by atoms with Crippen molar-refractivity contribution in [3.63, 3.8) is 0 Å². The lowest BCUT2D eigenvalue weighted by Gasteiger charge is -2.15. The molecule has 0 saturated carbocycles. The van der Waals surface area contributed by atoms with E-state index in [0.29, 0.717) is 19.0 Å². The van der Waals surface area contributed by atoms with E-state index < -0.39 is 6.10 Å². The fourth-order valence-electron chi connectivity index (χ4n) is 2.21. The third kappa shape index (κ3) is 7.21. The van der Waals surface area contributed by atoms with Crippen molar-refractivity contribution < 1.29 is 9.84 Å². The first-order valence-electron chi connectivity index (χ1n) is 8.02. The van der Waals surface area contributed by atoms with Gasteiger partial charge >= 0.3 is 0 Å². The number of rotatable bonds is 7. The van der Waals surface area contributed by atoms with Gasteiger partial charge in [-0.2, -0.15) is 0 Å². The number of methoxy groups -OCH3 is 1. The summed E-state index contributed by atoms with van der Waals surface area (Å²) in [6, 6.07) is 11.6. The number of hydrogen-bond donors (Lipinski definition) is 3. The van der Waals surface area contributed by atoms with Gasteiger partial charge in [0.2, 0.25) is 0 Å². The fraction of sp³-hybridized carbons (Fsp3) is 0.389. The molecule has 1 atom stereocenters. The number of nitrogens with zero attached hydrogens (tertiary/aromatic N) is 1. The van der Waals surface area contributed by atoms with Crippen LogP contribution in [0.1, 0.15) is 28.3 Å². The molecule has 0 aliphatic carbocycles. The van der Waals surface area contributed by atoms with E-state index in [0.717, 1.165) is 17.9 Å². The maximum Gasteiger partial charge on any atom is 0.191 e. The summed E-state index contributed by atoms with van der Waals surface area (Å²) < 4.78 is 5.13. The highest BCUT2D eigenvalue weighted by Crippen LogP contribution is 2.17. The van der Waals surface area contributed by atoms with Crippen LogP contribution in [-0.4, -0.2) is 31.3 Å². The second-order valence-electron chi connectivity index (χ2n) is 5.38. The monoisotopic (exact) mass is 475 g/mol. The molecule has 1 aromatic carbocycles. The first-order chi connectivity index (χ1) is 11.6. The zero-order chi connectivity index (χ0) is 17.4. The number of nitrogens with one attached hydrogen (secondary N) is 2. The minimum Gasteiger partial charge on any atom is -0.497 e. The van der Waals surface area contributed by atoms with Gasteiger partial charge in [-0.05, 0) is 43.7 Å². The van der Waals surface area contributed by atoms with Crippen molar-refractivity contribution in [1.82, 2.24) is 10.6 Å². The zero-order valence-corrected chi connectivity index (χ0v) is 17.9. The lowest BCUT2D eigenvalue weighted by molar-refractivity contribution is 0.180. The highest BCUT2D eigenvalue weighted by atomic mass is 127. The van der Waals surface area contributed by atoms with Gasteiger partial charge in [-0.3, -0.25) is 0 Å². The molecule has 1 unspecified atom stereocenters. The summed E-state index contributed by atoms with van der Waals surface area (Å²) in [5, 5.41) is 16.7. The molecule has 0 spiro atoms. The normalized spacial score (nSPS) is 12.2. The molecule has 0 fully saturated rings.